The second kappa shape index (κ2) is 5.88. The topological polar surface area (TPSA) is 69.2 Å². The number of likely N-dealkylation sites (N-methyl/N-ethyl adjacent to an activating group) is 1. The number of aromatic nitrogens is 3. The van der Waals surface area contributed by atoms with Crippen molar-refractivity contribution in [3.8, 4) is 11.1 Å². The summed E-state index contributed by atoms with van der Waals surface area (Å²) >= 11 is 0. The molecular formula is C19H22N6O. The summed E-state index contributed by atoms with van der Waals surface area (Å²) in [6, 6.07) is 4.19. The molecule has 1 saturated heterocycles. The Morgan fingerprint density at radius 3 is 2.77 bits per heavy atom. The fourth-order valence-corrected chi connectivity index (χ4v) is 3.88. The second-order valence-electron chi connectivity index (χ2n) is 7.15. The molecule has 7 heteroatoms. The van der Waals surface area contributed by atoms with Gasteiger partial charge in [-0.25, -0.2) is 4.98 Å². The molecule has 0 bridgehead atoms. The van der Waals surface area contributed by atoms with E-state index in [0.29, 0.717) is 6.54 Å². The Morgan fingerprint density at radius 2 is 1.96 bits per heavy atom. The predicted octanol–water partition coefficient (Wildman–Crippen LogP) is 1.53. The summed E-state index contributed by atoms with van der Waals surface area (Å²) in [6.45, 7) is 5.67. The molecule has 0 aliphatic carbocycles. The van der Waals surface area contributed by atoms with E-state index in [2.05, 4.69) is 44.4 Å². The van der Waals surface area contributed by atoms with Crippen LogP contribution >= 0.6 is 0 Å². The van der Waals surface area contributed by atoms with Crippen LogP contribution in [0.15, 0.2) is 30.7 Å². The van der Waals surface area contributed by atoms with Gasteiger partial charge >= 0.3 is 0 Å². The molecule has 5 heterocycles. The third kappa shape index (κ3) is 2.47. The number of hydrogen-bond donors (Lipinski definition) is 2. The first-order chi connectivity index (χ1) is 12.7. The fraction of sp³-hybridized carbons (Fsp3) is 0.368. The van der Waals surface area contributed by atoms with E-state index in [1.54, 1.807) is 0 Å². The molecular weight excluding hydrogens is 328 g/mol. The monoisotopic (exact) mass is 350 g/mol. The summed E-state index contributed by atoms with van der Waals surface area (Å²) < 4.78 is 2.03. The van der Waals surface area contributed by atoms with E-state index in [0.717, 1.165) is 66.3 Å². The summed E-state index contributed by atoms with van der Waals surface area (Å²) in [5.74, 6) is -0.00130. The van der Waals surface area contributed by atoms with E-state index in [9.17, 15) is 4.79 Å². The molecule has 5 rings (SSSR count). The standard InChI is InChI=1S/C19H22N6O/c1-23-4-6-24(7-5-23)14-9-15-16(11-22-18(15)21-10-14)13-8-17-19(26)20-2-3-25(17)12-13/h8-12H,2-7H2,1H3,(H,20,26)(H,21,22). The van der Waals surface area contributed by atoms with Crippen LogP contribution in [-0.2, 0) is 6.54 Å². The summed E-state index contributed by atoms with van der Waals surface area (Å²) in [7, 11) is 2.16. The summed E-state index contributed by atoms with van der Waals surface area (Å²) in [5.41, 5.74) is 4.92. The van der Waals surface area contributed by atoms with Crippen molar-refractivity contribution in [1.82, 2.24) is 24.8 Å². The zero-order chi connectivity index (χ0) is 17.7. The smallest absolute Gasteiger partial charge is 0.267 e. The Kier molecular flexibility index (Phi) is 3.49. The van der Waals surface area contributed by atoms with Gasteiger partial charge in [0.2, 0.25) is 0 Å². The van der Waals surface area contributed by atoms with Gasteiger partial charge in [0, 0.05) is 68.2 Å². The number of carbonyl (C=O) groups excluding carboxylic acids is 1. The van der Waals surface area contributed by atoms with E-state index in [1.165, 1.54) is 0 Å². The minimum atomic E-state index is -0.00130. The molecule has 1 fully saturated rings. The number of nitrogens with zero attached hydrogens (tertiary/aromatic N) is 4. The van der Waals surface area contributed by atoms with E-state index in [4.69, 9.17) is 0 Å². The minimum absolute atomic E-state index is 0.00130. The number of anilines is 1. The fourth-order valence-electron chi connectivity index (χ4n) is 3.88. The SMILES string of the molecule is CN1CCN(c2cnc3[nH]cc(-c4cc5n(c4)CCNC5=O)c3c2)CC1. The first-order valence-electron chi connectivity index (χ1n) is 9.08. The lowest BCUT2D eigenvalue weighted by Crippen LogP contribution is -2.44. The quantitative estimate of drug-likeness (QED) is 0.735. The number of aromatic amines is 1. The van der Waals surface area contributed by atoms with Crippen molar-refractivity contribution in [2.24, 2.45) is 0 Å². The number of H-pyrrole nitrogens is 1. The van der Waals surface area contributed by atoms with Gasteiger partial charge in [-0.3, -0.25) is 4.79 Å². The molecule has 3 aromatic rings. The number of rotatable bonds is 2. The molecule has 0 saturated carbocycles. The molecule has 0 radical (unpaired) electrons. The zero-order valence-electron chi connectivity index (χ0n) is 14.8. The van der Waals surface area contributed by atoms with Gasteiger partial charge in [0.05, 0.1) is 11.9 Å². The van der Waals surface area contributed by atoms with Crippen LogP contribution in [0.1, 0.15) is 10.5 Å². The number of carbonyl (C=O) groups is 1. The first-order valence-corrected chi connectivity index (χ1v) is 9.08. The molecule has 2 aliphatic rings. The van der Waals surface area contributed by atoms with Crippen LogP contribution in [0, 0.1) is 0 Å². The van der Waals surface area contributed by atoms with Gasteiger partial charge in [-0.15, -0.1) is 0 Å². The maximum atomic E-state index is 12.1. The zero-order valence-corrected chi connectivity index (χ0v) is 14.8. The van der Waals surface area contributed by atoms with Gasteiger partial charge < -0.3 is 24.7 Å². The molecule has 2 N–H and O–H groups in total. The van der Waals surface area contributed by atoms with Crippen molar-refractivity contribution in [3.05, 3.63) is 36.4 Å². The molecule has 3 aromatic heterocycles. The number of fused-ring (bicyclic) bond motifs is 2. The number of amides is 1. The lowest BCUT2D eigenvalue weighted by atomic mass is 10.1. The van der Waals surface area contributed by atoms with Crippen molar-refractivity contribution >= 4 is 22.6 Å². The highest BCUT2D eigenvalue weighted by molar-refractivity contribution is 5.99. The molecule has 2 aliphatic heterocycles. The third-order valence-electron chi connectivity index (χ3n) is 5.46. The van der Waals surface area contributed by atoms with Crippen molar-refractivity contribution in [1.29, 1.82) is 0 Å². The van der Waals surface area contributed by atoms with E-state index in [-0.39, 0.29) is 5.91 Å². The van der Waals surface area contributed by atoms with Gasteiger partial charge in [0.25, 0.3) is 5.91 Å². The molecule has 0 aromatic carbocycles. The average molecular weight is 350 g/mol. The van der Waals surface area contributed by atoms with Crippen LogP contribution in [0.4, 0.5) is 5.69 Å². The Bertz CT molecular complexity index is 979. The van der Waals surface area contributed by atoms with Gasteiger partial charge in [0.15, 0.2) is 0 Å². The van der Waals surface area contributed by atoms with Gasteiger partial charge in [-0.1, -0.05) is 0 Å². The van der Waals surface area contributed by atoms with Crippen molar-refractivity contribution < 1.29 is 4.79 Å². The number of piperazine rings is 1. The highest BCUT2D eigenvalue weighted by Gasteiger charge is 2.20. The normalized spacial score (nSPS) is 18.2. The Morgan fingerprint density at radius 1 is 1.12 bits per heavy atom. The van der Waals surface area contributed by atoms with Crippen LogP contribution in [0.2, 0.25) is 0 Å². The predicted molar refractivity (Wildman–Crippen MR) is 102 cm³/mol. The van der Waals surface area contributed by atoms with Gasteiger partial charge in [-0.05, 0) is 19.2 Å². The summed E-state index contributed by atoms with van der Waals surface area (Å²) in [6.07, 6.45) is 6.01. The summed E-state index contributed by atoms with van der Waals surface area (Å²) in [5, 5.41) is 4.00. The molecule has 0 spiro atoms. The van der Waals surface area contributed by atoms with E-state index < -0.39 is 0 Å². The molecule has 0 atom stereocenters. The maximum Gasteiger partial charge on any atom is 0.267 e. The van der Waals surface area contributed by atoms with Crippen LogP contribution in [0.5, 0.6) is 0 Å². The van der Waals surface area contributed by atoms with Crippen LogP contribution in [-0.4, -0.2) is 65.1 Å². The van der Waals surface area contributed by atoms with Crippen LogP contribution in [0.25, 0.3) is 22.2 Å². The van der Waals surface area contributed by atoms with E-state index >= 15 is 0 Å². The van der Waals surface area contributed by atoms with Crippen LogP contribution in [0.3, 0.4) is 0 Å². The molecule has 1 amide bonds. The molecule has 134 valence electrons. The number of hydrogen-bond acceptors (Lipinski definition) is 4. The first kappa shape index (κ1) is 15.5. The molecule has 26 heavy (non-hydrogen) atoms. The van der Waals surface area contributed by atoms with Crippen molar-refractivity contribution in [2.45, 2.75) is 6.54 Å². The molecule has 7 nitrogen and oxygen atoms in total. The van der Waals surface area contributed by atoms with Crippen molar-refractivity contribution in [2.75, 3.05) is 44.7 Å². The Balaban J connectivity index is 1.54. The Labute approximate surface area is 151 Å². The third-order valence-corrected chi connectivity index (χ3v) is 5.46. The van der Waals surface area contributed by atoms with E-state index in [1.807, 2.05) is 23.0 Å². The maximum absolute atomic E-state index is 12.1. The molecule has 0 unspecified atom stereocenters. The second-order valence-corrected chi connectivity index (χ2v) is 7.15. The lowest BCUT2D eigenvalue weighted by Gasteiger charge is -2.33. The van der Waals surface area contributed by atoms with Gasteiger partial charge in [-0.2, -0.15) is 0 Å². The van der Waals surface area contributed by atoms with Crippen molar-refractivity contribution in [3.63, 3.8) is 0 Å². The average Bonchev–Trinajstić information content (AvgIpc) is 3.26. The summed E-state index contributed by atoms with van der Waals surface area (Å²) in [4.78, 5) is 24.7. The number of pyridine rings is 1. The number of nitrogens with one attached hydrogen (secondary N) is 2. The highest BCUT2D eigenvalue weighted by Crippen LogP contribution is 2.32. The largest absolute Gasteiger partial charge is 0.368 e. The van der Waals surface area contributed by atoms with Crippen LogP contribution < -0.4 is 10.2 Å². The van der Waals surface area contributed by atoms with Gasteiger partial charge in [0.1, 0.15) is 11.3 Å². The Hall–Kier alpha value is -2.80. The minimum Gasteiger partial charge on any atom is -0.368 e. The highest BCUT2D eigenvalue weighted by atomic mass is 16.2. The lowest BCUT2D eigenvalue weighted by molar-refractivity contribution is 0.0928.